The summed E-state index contributed by atoms with van der Waals surface area (Å²) in [5.41, 5.74) is 3.69. The van der Waals surface area contributed by atoms with Crippen LogP contribution in [0, 0.1) is 19.7 Å². The zero-order chi connectivity index (χ0) is 26.5. The van der Waals surface area contributed by atoms with Crippen LogP contribution in [0.1, 0.15) is 54.9 Å². The molecule has 0 unspecified atom stereocenters. The van der Waals surface area contributed by atoms with E-state index in [0.717, 1.165) is 26.9 Å². The molecule has 2 aromatic heterocycles. The van der Waals surface area contributed by atoms with E-state index in [0.29, 0.717) is 22.4 Å². The van der Waals surface area contributed by atoms with Crippen LogP contribution >= 0.6 is 11.3 Å². The molecule has 0 aliphatic rings. The quantitative estimate of drug-likeness (QED) is 0.265. The van der Waals surface area contributed by atoms with Crippen LogP contribution in [0.5, 0.6) is 0 Å². The summed E-state index contributed by atoms with van der Waals surface area (Å²) in [5.74, 6) is -1.26. The fourth-order valence-corrected chi connectivity index (χ4v) is 4.84. The van der Waals surface area contributed by atoms with E-state index < -0.39 is 6.04 Å². The number of carbonyl (C=O) groups is 3. The molecule has 4 aromatic rings. The summed E-state index contributed by atoms with van der Waals surface area (Å²) in [7, 11) is 0. The van der Waals surface area contributed by atoms with Crippen LogP contribution in [-0.4, -0.2) is 34.0 Å². The van der Waals surface area contributed by atoms with Gasteiger partial charge in [0.15, 0.2) is 0 Å². The van der Waals surface area contributed by atoms with Crippen molar-refractivity contribution in [3.8, 4) is 0 Å². The predicted octanol–water partition coefficient (Wildman–Crippen LogP) is 4.14. The Kier molecular flexibility index (Phi) is 7.98. The number of hydrogen-bond acceptors (Lipinski definition) is 5. The van der Waals surface area contributed by atoms with Crippen molar-refractivity contribution in [2.24, 2.45) is 0 Å². The van der Waals surface area contributed by atoms with Crippen LogP contribution in [-0.2, 0) is 17.9 Å². The van der Waals surface area contributed by atoms with E-state index in [1.807, 2.05) is 20.8 Å². The first-order chi connectivity index (χ1) is 17.7. The van der Waals surface area contributed by atoms with Crippen molar-refractivity contribution in [3.05, 3.63) is 86.5 Å². The topological polar surface area (TPSA) is 116 Å². The summed E-state index contributed by atoms with van der Waals surface area (Å²) >= 11 is 1.33. The first-order valence-electron chi connectivity index (χ1n) is 11.9. The number of H-pyrrole nitrogens is 1. The highest BCUT2D eigenvalue weighted by Crippen LogP contribution is 2.22. The number of aromatic nitrogens is 2. The Hall–Kier alpha value is -4.05. The Bertz CT molecular complexity index is 1460. The van der Waals surface area contributed by atoms with Crippen LogP contribution in [0.4, 0.5) is 4.39 Å². The summed E-state index contributed by atoms with van der Waals surface area (Å²) < 4.78 is 13.5. The molecule has 0 fully saturated rings. The lowest BCUT2D eigenvalue weighted by molar-refractivity contribution is -0.123. The fraction of sp³-hybridized carbons (Fsp3) is 0.259. The van der Waals surface area contributed by atoms with Crippen LogP contribution < -0.4 is 16.0 Å². The zero-order valence-corrected chi connectivity index (χ0v) is 21.6. The van der Waals surface area contributed by atoms with Gasteiger partial charge in [0.2, 0.25) is 5.91 Å². The van der Waals surface area contributed by atoms with Crippen molar-refractivity contribution in [2.45, 2.75) is 46.3 Å². The number of aryl methyl sites for hydroxylation is 2. The van der Waals surface area contributed by atoms with Gasteiger partial charge < -0.3 is 16.0 Å². The number of nitrogens with one attached hydrogen (secondary N) is 4. The monoisotopic (exact) mass is 521 g/mol. The number of amides is 3. The summed E-state index contributed by atoms with van der Waals surface area (Å²) in [6.07, 6.45) is 2.05. The van der Waals surface area contributed by atoms with Gasteiger partial charge >= 0.3 is 0 Å². The third-order valence-corrected chi connectivity index (χ3v) is 7.27. The third kappa shape index (κ3) is 6.21. The lowest BCUT2D eigenvalue weighted by Crippen LogP contribution is -2.46. The molecule has 0 spiro atoms. The molecule has 0 aliphatic heterocycles. The van der Waals surface area contributed by atoms with E-state index in [1.165, 1.54) is 23.5 Å². The second-order valence-corrected chi connectivity index (χ2v) is 10.0. The lowest BCUT2D eigenvalue weighted by Gasteiger charge is -2.17. The number of hydrogen-bond donors (Lipinski definition) is 4. The summed E-state index contributed by atoms with van der Waals surface area (Å²) in [6, 6.07) is 10.7. The maximum Gasteiger partial charge on any atom is 0.261 e. The molecule has 3 amide bonds. The van der Waals surface area contributed by atoms with Crippen molar-refractivity contribution in [1.29, 1.82) is 0 Å². The molecular weight excluding hydrogens is 493 g/mol. The van der Waals surface area contributed by atoms with Gasteiger partial charge in [-0.3, -0.25) is 19.5 Å². The summed E-state index contributed by atoms with van der Waals surface area (Å²) in [4.78, 5) is 39.6. The summed E-state index contributed by atoms with van der Waals surface area (Å²) in [5, 5.41) is 16.1. The summed E-state index contributed by atoms with van der Waals surface area (Å²) in [6.45, 7) is 6.01. The van der Waals surface area contributed by atoms with Gasteiger partial charge in [-0.2, -0.15) is 5.10 Å². The number of benzene rings is 2. The maximum atomic E-state index is 13.5. The highest BCUT2D eigenvalue weighted by atomic mass is 32.1. The van der Waals surface area contributed by atoms with E-state index >= 15 is 0 Å². The molecule has 10 heteroatoms. The number of carbonyl (C=O) groups excluding carboxylic acids is 3. The first-order valence-corrected chi connectivity index (χ1v) is 12.7. The molecule has 2 aromatic carbocycles. The van der Waals surface area contributed by atoms with Gasteiger partial charge in [-0.05, 0) is 73.4 Å². The van der Waals surface area contributed by atoms with Crippen molar-refractivity contribution in [2.75, 3.05) is 0 Å². The lowest BCUT2D eigenvalue weighted by atomic mass is 10.1. The zero-order valence-electron chi connectivity index (χ0n) is 20.8. The Balaban J connectivity index is 1.33. The molecule has 0 saturated heterocycles. The van der Waals surface area contributed by atoms with Gasteiger partial charge in [-0.1, -0.05) is 13.0 Å². The number of thiophene rings is 1. The predicted molar refractivity (Wildman–Crippen MR) is 141 cm³/mol. The highest BCUT2D eigenvalue weighted by molar-refractivity contribution is 7.14. The Morgan fingerprint density at radius 3 is 2.57 bits per heavy atom. The van der Waals surface area contributed by atoms with Gasteiger partial charge in [0.1, 0.15) is 11.9 Å². The van der Waals surface area contributed by atoms with Crippen LogP contribution in [0.2, 0.25) is 0 Å². The number of fused-ring (bicyclic) bond motifs is 1. The minimum absolute atomic E-state index is 0.219. The Labute approximate surface area is 217 Å². The SMILES string of the molecule is CC[C@@H](NC(=O)c1ccc2[nH]ncc2c1)C(=O)NCc1cc(C(=O)NCc2cc(F)ccc2C)sc1C. The molecule has 0 saturated carbocycles. The van der Waals surface area contributed by atoms with Crippen LogP contribution in [0.25, 0.3) is 10.9 Å². The number of rotatable bonds is 9. The molecule has 0 aliphatic carbocycles. The van der Waals surface area contributed by atoms with Gasteiger partial charge in [0.25, 0.3) is 11.8 Å². The van der Waals surface area contributed by atoms with Crippen molar-refractivity contribution < 1.29 is 18.8 Å². The normalized spacial score (nSPS) is 11.8. The number of aromatic amines is 1. The molecule has 0 bridgehead atoms. The van der Waals surface area contributed by atoms with Crippen molar-refractivity contribution >= 4 is 40.0 Å². The molecular formula is C27H28FN5O3S. The van der Waals surface area contributed by atoms with Gasteiger partial charge in [0, 0.05) is 28.9 Å². The van der Waals surface area contributed by atoms with Crippen molar-refractivity contribution in [1.82, 2.24) is 26.1 Å². The molecule has 4 N–H and O–H groups in total. The van der Waals surface area contributed by atoms with Crippen molar-refractivity contribution in [3.63, 3.8) is 0 Å². The highest BCUT2D eigenvalue weighted by Gasteiger charge is 2.21. The van der Waals surface area contributed by atoms with E-state index in [1.54, 1.807) is 36.5 Å². The smallest absolute Gasteiger partial charge is 0.261 e. The molecule has 8 nitrogen and oxygen atoms in total. The van der Waals surface area contributed by atoms with E-state index in [9.17, 15) is 18.8 Å². The average molecular weight is 522 g/mol. The third-order valence-electron chi connectivity index (χ3n) is 6.18. The minimum Gasteiger partial charge on any atom is -0.350 e. The second-order valence-electron chi connectivity index (χ2n) is 8.77. The molecule has 37 heavy (non-hydrogen) atoms. The molecule has 192 valence electrons. The molecule has 1 atom stereocenters. The second kappa shape index (κ2) is 11.3. The molecule has 2 heterocycles. The minimum atomic E-state index is -0.705. The largest absolute Gasteiger partial charge is 0.350 e. The fourth-order valence-electron chi connectivity index (χ4n) is 3.88. The van der Waals surface area contributed by atoms with E-state index in [4.69, 9.17) is 0 Å². The first kappa shape index (κ1) is 26.0. The Morgan fingerprint density at radius 1 is 1.00 bits per heavy atom. The van der Waals surface area contributed by atoms with Gasteiger partial charge in [-0.15, -0.1) is 11.3 Å². The number of halogens is 1. The Morgan fingerprint density at radius 2 is 1.78 bits per heavy atom. The average Bonchev–Trinajstić information content (AvgIpc) is 3.51. The van der Waals surface area contributed by atoms with Gasteiger partial charge in [0.05, 0.1) is 16.6 Å². The van der Waals surface area contributed by atoms with E-state index in [2.05, 4.69) is 26.1 Å². The number of nitrogens with zero attached hydrogens (tertiary/aromatic N) is 1. The maximum absolute atomic E-state index is 13.5. The molecule has 4 rings (SSSR count). The van der Waals surface area contributed by atoms with Gasteiger partial charge in [-0.25, -0.2) is 4.39 Å². The van der Waals surface area contributed by atoms with Crippen LogP contribution in [0.3, 0.4) is 0 Å². The molecule has 0 radical (unpaired) electrons. The van der Waals surface area contributed by atoms with E-state index in [-0.39, 0.29) is 36.6 Å². The van der Waals surface area contributed by atoms with Crippen LogP contribution in [0.15, 0.2) is 48.7 Å². The standard InChI is InChI=1S/C27H28FN5O3S/c1-4-22(32-25(34)17-6-8-23-20(9-17)14-31-33-23)26(35)29-13-19-11-24(37-16(19)3)27(36)30-12-18-10-21(28)7-5-15(18)2/h5-11,14,22H,4,12-13H2,1-3H3,(H,29,35)(H,30,36)(H,31,33)(H,32,34)/t22-/m1/s1.